The van der Waals surface area contributed by atoms with Crippen molar-refractivity contribution in [3.8, 4) is 17.0 Å². The van der Waals surface area contributed by atoms with Gasteiger partial charge in [0.25, 0.3) is 0 Å². The van der Waals surface area contributed by atoms with Gasteiger partial charge in [0, 0.05) is 18.0 Å². The number of phenols is 1. The molecule has 0 aliphatic heterocycles. The number of aromatic nitrogens is 1. The van der Waals surface area contributed by atoms with E-state index in [1.165, 1.54) is 12.1 Å². The first kappa shape index (κ1) is 18.5. The van der Waals surface area contributed by atoms with Crippen molar-refractivity contribution in [3.63, 3.8) is 0 Å². The highest BCUT2D eigenvalue weighted by molar-refractivity contribution is 6.14. The van der Waals surface area contributed by atoms with Gasteiger partial charge in [0.1, 0.15) is 11.3 Å². The first-order valence-electron chi connectivity index (χ1n) is 9.19. The number of carbonyl (C=O) groups is 2. The summed E-state index contributed by atoms with van der Waals surface area (Å²) >= 11 is 0. The largest absolute Gasteiger partial charge is 0.507 e. The van der Waals surface area contributed by atoms with E-state index in [2.05, 4.69) is 0 Å². The van der Waals surface area contributed by atoms with Gasteiger partial charge in [0.15, 0.2) is 6.61 Å². The summed E-state index contributed by atoms with van der Waals surface area (Å²) < 4.78 is 7.19. The molecule has 1 heterocycles. The van der Waals surface area contributed by atoms with Crippen molar-refractivity contribution in [1.29, 1.82) is 0 Å². The van der Waals surface area contributed by atoms with Gasteiger partial charge in [-0.05, 0) is 23.8 Å². The van der Waals surface area contributed by atoms with E-state index in [4.69, 9.17) is 4.74 Å². The van der Waals surface area contributed by atoms with Crippen LogP contribution in [0.25, 0.3) is 22.2 Å². The summed E-state index contributed by atoms with van der Waals surface area (Å²) in [6, 6.07) is 23.4. The van der Waals surface area contributed by atoms with Crippen molar-refractivity contribution in [1.82, 2.24) is 4.57 Å². The van der Waals surface area contributed by atoms with Crippen LogP contribution < -0.4 is 0 Å². The molecular weight excluding hydrogens is 366 g/mol. The molecule has 1 aromatic heterocycles. The predicted molar refractivity (Wildman–Crippen MR) is 111 cm³/mol. The average molecular weight is 385 g/mol. The molecule has 3 aromatic carbocycles. The van der Waals surface area contributed by atoms with Crippen LogP contribution in [0.4, 0.5) is 0 Å². The summed E-state index contributed by atoms with van der Waals surface area (Å²) in [6.45, 7) is -0.416. The molecule has 1 N–H and O–H groups in total. The second kappa shape index (κ2) is 7.64. The number of benzene rings is 3. The molecule has 4 rings (SSSR count). The minimum absolute atomic E-state index is 0.0292. The van der Waals surface area contributed by atoms with Gasteiger partial charge in [-0.3, -0.25) is 4.79 Å². The van der Waals surface area contributed by atoms with E-state index in [0.717, 1.165) is 22.2 Å². The number of ketones is 1. The quantitative estimate of drug-likeness (QED) is 0.403. The lowest BCUT2D eigenvalue weighted by atomic mass is 10.0. The van der Waals surface area contributed by atoms with Crippen molar-refractivity contribution in [2.45, 2.75) is 0 Å². The Kier molecular flexibility index (Phi) is 4.87. The average Bonchev–Trinajstić information content (AvgIpc) is 3.05. The highest BCUT2D eigenvalue weighted by atomic mass is 16.5. The van der Waals surface area contributed by atoms with Crippen LogP contribution in [0.15, 0.2) is 78.9 Å². The monoisotopic (exact) mass is 385 g/mol. The number of Topliss-reactive ketones (excluding diaryl/α,β-unsaturated/α-hetero) is 1. The van der Waals surface area contributed by atoms with E-state index >= 15 is 0 Å². The number of ether oxygens (including phenoxy) is 1. The fraction of sp³-hybridized carbons (Fsp3) is 0.0833. The summed E-state index contributed by atoms with van der Waals surface area (Å²) in [7, 11) is 1.91. The smallest absolute Gasteiger partial charge is 0.342 e. The first-order chi connectivity index (χ1) is 14.1. The van der Waals surface area contributed by atoms with Gasteiger partial charge in [-0.2, -0.15) is 0 Å². The normalized spacial score (nSPS) is 10.8. The molecule has 0 aliphatic carbocycles. The molecule has 0 saturated heterocycles. The molecule has 5 heteroatoms. The zero-order chi connectivity index (χ0) is 20.4. The Bertz CT molecular complexity index is 1210. The van der Waals surface area contributed by atoms with Gasteiger partial charge in [-0.25, -0.2) is 4.79 Å². The number of para-hydroxylation sites is 2. The second-order valence-corrected chi connectivity index (χ2v) is 6.68. The summed E-state index contributed by atoms with van der Waals surface area (Å²) in [5.41, 5.74) is 3.14. The Labute approximate surface area is 167 Å². The highest BCUT2D eigenvalue weighted by Gasteiger charge is 2.23. The van der Waals surface area contributed by atoms with Gasteiger partial charge in [0.05, 0.1) is 11.3 Å². The summed E-state index contributed by atoms with van der Waals surface area (Å²) in [6.07, 6.45) is 0. The van der Waals surface area contributed by atoms with E-state index < -0.39 is 12.6 Å². The number of nitrogens with zero attached hydrogens (tertiary/aromatic N) is 1. The number of esters is 1. The van der Waals surface area contributed by atoms with Crippen molar-refractivity contribution in [3.05, 3.63) is 90.0 Å². The highest BCUT2D eigenvalue weighted by Crippen LogP contribution is 2.33. The second-order valence-electron chi connectivity index (χ2n) is 6.68. The van der Waals surface area contributed by atoms with Crippen LogP contribution in [0.2, 0.25) is 0 Å². The topological polar surface area (TPSA) is 68.5 Å². The number of hydrogen-bond acceptors (Lipinski definition) is 4. The van der Waals surface area contributed by atoms with Crippen molar-refractivity contribution in [2.24, 2.45) is 7.05 Å². The molecule has 29 heavy (non-hydrogen) atoms. The lowest BCUT2D eigenvalue weighted by molar-refractivity contribution is 0.0472. The van der Waals surface area contributed by atoms with Crippen molar-refractivity contribution < 1.29 is 19.4 Å². The fourth-order valence-electron chi connectivity index (χ4n) is 3.54. The maximum absolute atomic E-state index is 13.1. The van der Waals surface area contributed by atoms with Crippen LogP contribution >= 0.6 is 0 Å². The van der Waals surface area contributed by atoms with Crippen LogP contribution in [0.5, 0.6) is 5.75 Å². The number of carbonyl (C=O) groups excluding carboxylic acids is 2. The lowest BCUT2D eigenvalue weighted by Crippen LogP contribution is -2.15. The van der Waals surface area contributed by atoms with Crippen LogP contribution in [0.1, 0.15) is 20.7 Å². The molecule has 0 fully saturated rings. The molecule has 144 valence electrons. The fourth-order valence-corrected chi connectivity index (χ4v) is 3.54. The zero-order valence-corrected chi connectivity index (χ0v) is 15.8. The Hall–Kier alpha value is -3.86. The molecule has 0 spiro atoms. The third kappa shape index (κ3) is 3.38. The molecule has 0 aliphatic rings. The van der Waals surface area contributed by atoms with Crippen molar-refractivity contribution in [2.75, 3.05) is 6.61 Å². The van der Waals surface area contributed by atoms with Crippen LogP contribution in [-0.2, 0) is 11.8 Å². The number of aromatic hydroxyl groups is 1. The van der Waals surface area contributed by atoms with Gasteiger partial charge in [-0.1, -0.05) is 60.7 Å². The maximum Gasteiger partial charge on any atom is 0.342 e. The third-order valence-electron chi connectivity index (χ3n) is 4.89. The minimum atomic E-state index is -0.738. The first-order valence-corrected chi connectivity index (χ1v) is 9.19. The van der Waals surface area contributed by atoms with E-state index in [1.54, 1.807) is 12.1 Å². The molecule has 0 unspecified atom stereocenters. The summed E-state index contributed by atoms with van der Waals surface area (Å²) in [5, 5.41) is 10.6. The molecule has 5 nitrogen and oxygen atoms in total. The van der Waals surface area contributed by atoms with Crippen molar-refractivity contribution >= 4 is 22.7 Å². The SMILES string of the molecule is Cn1c(-c2ccccc2)c(C(=O)COC(=O)c2ccccc2O)c2ccccc21. The molecule has 4 aromatic rings. The molecular formula is C24H19NO4. The predicted octanol–water partition coefficient (Wildman–Crippen LogP) is 4.59. The van der Waals surface area contributed by atoms with Crippen LogP contribution in [0, 0.1) is 0 Å². The van der Waals surface area contributed by atoms with Gasteiger partial charge in [-0.15, -0.1) is 0 Å². The van der Waals surface area contributed by atoms with E-state index in [-0.39, 0.29) is 17.1 Å². The van der Waals surface area contributed by atoms with Crippen LogP contribution in [0.3, 0.4) is 0 Å². The van der Waals surface area contributed by atoms with Gasteiger partial charge >= 0.3 is 5.97 Å². The number of rotatable bonds is 5. The Morgan fingerprint density at radius 3 is 2.31 bits per heavy atom. The molecule has 0 atom stereocenters. The van der Waals surface area contributed by atoms with E-state index in [1.807, 2.05) is 66.2 Å². The Morgan fingerprint density at radius 2 is 1.55 bits per heavy atom. The standard InChI is InChI=1S/C24H19NO4/c1-25-19-13-7-5-11-17(19)22(23(25)16-9-3-2-4-10-16)21(27)15-29-24(28)18-12-6-8-14-20(18)26/h2-14,26H,15H2,1H3. The number of aryl methyl sites for hydroxylation is 1. The van der Waals surface area contributed by atoms with E-state index in [9.17, 15) is 14.7 Å². The van der Waals surface area contributed by atoms with Gasteiger partial charge in [0.2, 0.25) is 5.78 Å². The number of fused-ring (bicyclic) bond motifs is 1. The summed E-state index contributed by atoms with van der Waals surface area (Å²) in [4.78, 5) is 25.4. The molecule has 0 saturated carbocycles. The number of phenolic OH excluding ortho intramolecular Hbond substituents is 1. The van der Waals surface area contributed by atoms with Crippen LogP contribution in [-0.4, -0.2) is 28.0 Å². The molecule has 0 amide bonds. The Morgan fingerprint density at radius 1 is 0.897 bits per heavy atom. The number of hydrogen-bond donors (Lipinski definition) is 1. The van der Waals surface area contributed by atoms with E-state index in [0.29, 0.717) is 5.56 Å². The maximum atomic E-state index is 13.1. The Balaban J connectivity index is 1.71. The third-order valence-corrected chi connectivity index (χ3v) is 4.89. The van der Waals surface area contributed by atoms with Gasteiger partial charge < -0.3 is 14.4 Å². The summed E-state index contributed by atoms with van der Waals surface area (Å²) in [5.74, 6) is -1.22. The zero-order valence-electron chi connectivity index (χ0n) is 15.8. The minimum Gasteiger partial charge on any atom is -0.507 e. The lowest BCUT2D eigenvalue weighted by Gasteiger charge is -2.09. The molecule has 0 radical (unpaired) electrons. The molecule has 0 bridgehead atoms.